The van der Waals surface area contributed by atoms with Crippen LogP contribution in [0.5, 0.6) is 5.75 Å². The van der Waals surface area contributed by atoms with Crippen LogP contribution in [0.15, 0.2) is 89.7 Å². The molecule has 0 aliphatic carbocycles. The minimum Gasteiger partial charge on any atom is -0.488 e. The molecule has 0 spiro atoms. The summed E-state index contributed by atoms with van der Waals surface area (Å²) in [6.45, 7) is 0.909. The van der Waals surface area contributed by atoms with Gasteiger partial charge in [0.05, 0.1) is 5.52 Å². The third kappa shape index (κ3) is 3.48. The molecule has 0 atom stereocenters. The Balaban J connectivity index is 1.54. The van der Waals surface area contributed by atoms with E-state index in [1.165, 1.54) is 6.39 Å². The van der Waals surface area contributed by atoms with Crippen LogP contribution in [0.3, 0.4) is 0 Å². The molecule has 0 unspecified atom stereocenters. The molecule has 5 aromatic rings. The van der Waals surface area contributed by atoms with Crippen LogP contribution in [0.2, 0.25) is 0 Å². The molecule has 29 heavy (non-hydrogen) atoms. The summed E-state index contributed by atoms with van der Waals surface area (Å²) < 4.78 is 13.3. The first kappa shape index (κ1) is 17.2. The highest BCUT2D eigenvalue weighted by atomic mass is 16.5. The molecular weight excluding hydrogens is 364 g/mol. The van der Waals surface area contributed by atoms with Crippen molar-refractivity contribution in [3.63, 3.8) is 0 Å². The van der Waals surface area contributed by atoms with Crippen molar-refractivity contribution in [2.45, 2.75) is 13.2 Å². The predicted molar refractivity (Wildman–Crippen MR) is 109 cm³/mol. The lowest BCUT2D eigenvalue weighted by atomic mass is 10.1. The van der Waals surface area contributed by atoms with Gasteiger partial charge < -0.3 is 9.15 Å². The van der Waals surface area contributed by atoms with Crippen molar-refractivity contribution in [2.24, 2.45) is 0 Å². The third-order valence-electron chi connectivity index (χ3n) is 4.73. The normalized spacial score (nSPS) is 11.0. The molecule has 0 fully saturated rings. The molecule has 0 saturated heterocycles. The van der Waals surface area contributed by atoms with E-state index < -0.39 is 0 Å². The van der Waals surface area contributed by atoms with Gasteiger partial charge in [-0.3, -0.25) is 4.68 Å². The van der Waals surface area contributed by atoms with E-state index in [0.29, 0.717) is 19.0 Å². The van der Waals surface area contributed by atoms with Gasteiger partial charge in [0.1, 0.15) is 24.6 Å². The number of nitrogens with zero attached hydrogens (tertiary/aromatic N) is 4. The fourth-order valence-corrected chi connectivity index (χ4v) is 3.36. The molecule has 0 saturated carbocycles. The Morgan fingerprint density at radius 3 is 2.52 bits per heavy atom. The fourth-order valence-electron chi connectivity index (χ4n) is 3.36. The van der Waals surface area contributed by atoms with Crippen molar-refractivity contribution in [3.8, 4) is 17.0 Å². The molecule has 2 aromatic heterocycles. The van der Waals surface area contributed by atoms with Crippen LogP contribution in [0, 0.1) is 0 Å². The standard InChI is InChI=1S/C23H18N4O2/c1-2-8-17(9-3-1)15-28-21-13-7-5-11-19(21)23-18-10-4-6-12-20(18)27(26-23)14-22-25-24-16-29-22/h1-13,16H,14-15H2. The fraction of sp³-hybridized carbons (Fsp3) is 0.0870. The minimum atomic E-state index is 0.410. The summed E-state index contributed by atoms with van der Waals surface area (Å²) in [5.74, 6) is 1.31. The largest absolute Gasteiger partial charge is 0.488 e. The predicted octanol–water partition coefficient (Wildman–Crippen LogP) is 4.71. The van der Waals surface area contributed by atoms with E-state index in [2.05, 4.69) is 28.4 Å². The van der Waals surface area contributed by atoms with Crippen molar-refractivity contribution < 1.29 is 9.15 Å². The van der Waals surface area contributed by atoms with Crippen molar-refractivity contribution >= 4 is 10.9 Å². The Kier molecular flexibility index (Phi) is 4.50. The Hall–Kier alpha value is -3.93. The van der Waals surface area contributed by atoms with Crippen molar-refractivity contribution in [1.82, 2.24) is 20.0 Å². The first-order valence-electron chi connectivity index (χ1n) is 9.35. The lowest BCUT2D eigenvalue weighted by Crippen LogP contribution is -2.02. The summed E-state index contributed by atoms with van der Waals surface area (Å²) in [4.78, 5) is 0. The molecule has 6 heteroatoms. The molecule has 0 aliphatic heterocycles. The van der Waals surface area contributed by atoms with Gasteiger partial charge in [-0.1, -0.05) is 60.7 Å². The second-order valence-electron chi connectivity index (χ2n) is 6.63. The zero-order valence-corrected chi connectivity index (χ0v) is 15.6. The number of ether oxygens (including phenoxy) is 1. The zero-order valence-electron chi connectivity index (χ0n) is 15.6. The highest BCUT2D eigenvalue weighted by Gasteiger charge is 2.17. The smallest absolute Gasteiger partial charge is 0.237 e. The van der Waals surface area contributed by atoms with Crippen LogP contribution in [0.25, 0.3) is 22.2 Å². The molecule has 0 radical (unpaired) electrons. The average Bonchev–Trinajstić information content (AvgIpc) is 3.42. The van der Waals surface area contributed by atoms with E-state index >= 15 is 0 Å². The van der Waals surface area contributed by atoms with Crippen molar-refractivity contribution in [2.75, 3.05) is 0 Å². The van der Waals surface area contributed by atoms with Gasteiger partial charge in [-0.15, -0.1) is 10.2 Å². The maximum Gasteiger partial charge on any atom is 0.237 e. The van der Waals surface area contributed by atoms with Crippen LogP contribution in [0.4, 0.5) is 0 Å². The topological polar surface area (TPSA) is 66.0 Å². The molecule has 2 heterocycles. The summed E-state index contributed by atoms with van der Waals surface area (Å²) in [6, 6.07) is 26.2. The van der Waals surface area contributed by atoms with E-state index in [4.69, 9.17) is 14.3 Å². The maximum absolute atomic E-state index is 6.15. The number of fused-ring (bicyclic) bond motifs is 1. The summed E-state index contributed by atoms with van der Waals surface area (Å²) in [7, 11) is 0. The molecule has 142 valence electrons. The lowest BCUT2D eigenvalue weighted by Gasteiger charge is -2.10. The summed E-state index contributed by atoms with van der Waals surface area (Å²) in [6.07, 6.45) is 1.33. The Morgan fingerprint density at radius 1 is 0.862 bits per heavy atom. The minimum absolute atomic E-state index is 0.410. The van der Waals surface area contributed by atoms with Crippen LogP contribution >= 0.6 is 0 Å². The van der Waals surface area contributed by atoms with E-state index in [-0.39, 0.29) is 0 Å². The monoisotopic (exact) mass is 382 g/mol. The van der Waals surface area contributed by atoms with Gasteiger partial charge in [0.15, 0.2) is 0 Å². The Labute approximate surface area is 167 Å². The van der Waals surface area contributed by atoms with Gasteiger partial charge in [0.25, 0.3) is 0 Å². The Morgan fingerprint density at radius 2 is 1.66 bits per heavy atom. The van der Waals surface area contributed by atoms with Crippen LogP contribution < -0.4 is 4.74 Å². The first-order chi connectivity index (χ1) is 14.4. The van der Waals surface area contributed by atoms with Gasteiger partial charge in [0.2, 0.25) is 12.3 Å². The molecule has 5 rings (SSSR count). The zero-order chi connectivity index (χ0) is 19.5. The summed E-state index contributed by atoms with van der Waals surface area (Å²) in [5.41, 5.74) is 3.93. The lowest BCUT2D eigenvalue weighted by molar-refractivity contribution is 0.307. The van der Waals surface area contributed by atoms with E-state index in [0.717, 1.165) is 33.5 Å². The Bertz CT molecular complexity index is 1230. The second-order valence-corrected chi connectivity index (χ2v) is 6.63. The molecular formula is C23H18N4O2. The maximum atomic E-state index is 6.15. The quantitative estimate of drug-likeness (QED) is 0.425. The number of para-hydroxylation sites is 2. The van der Waals surface area contributed by atoms with Gasteiger partial charge in [-0.2, -0.15) is 5.10 Å². The van der Waals surface area contributed by atoms with E-state index in [9.17, 15) is 0 Å². The molecule has 6 nitrogen and oxygen atoms in total. The van der Waals surface area contributed by atoms with Crippen molar-refractivity contribution in [1.29, 1.82) is 0 Å². The summed E-state index contributed by atoms with van der Waals surface area (Å²) in [5, 5.41) is 13.6. The molecule has 3 aromatic carbocycles. The van der Waals surface area contributed by atoms with Gasteiger partial charge in [-0.05, 0) is 23.8 Å². The van der Waals surface area contributed by atoms with Crippen LogP contribution in [-0.4, -0.2) is 20.0 Å². The number of benzene rings is 3. The summed E-state index contributed by atoms with van der Waals surface area (Å²) >= 11 is 0. The van der Waals surface area contributed by atoms with Gasteiger partial charge in [0, 0.05) is 10.9 Å². The molecule has 0 aliphatic rings. The average molecular weight is 382 g/mol. The third-order valence-corrected chi connectivity index (χ3v) is 4.73. The molecule has 0 N–H and O–H groups in total. The van der Waals surface area contributed by atoms with Crippen LogP contribution in [-0.2, 0) is 13.2 Å². The van der Waals surface area contributed by atoms with E-state index in [1.807, 2.05) is 65.3 Å². The highest BCUT2D eigenvalue weighted by molar-refractivity contribution is 5.94. The second kappa shape index (κ2) is 7.59. The van der Waals surface area contributed by atoms with Crippen LogP contribution in [0.1, 0.15) is 11.5 Å². The number of aromatic nitrogens is 4. The molecule has 0 amide bonds. The first-order valence-corrected chi connectivity index (χ1v) is 9.35. The number of hydrogen-bond acceptors (Lipinski definition) is 5. The molecule has 0 bridgehead atoms. The van der Waals surface area contributed by atoms with Crippen molar-refractivity contribution in [3.05, 3.63) is 96.7 Å². The van der Waals surface area contributed by atoms with Gasteiger partial charge in [-0.25, -0.2) is 0 Å². The SMILES string of the molecule is c1ccc(COc2ccccc2-c2nn(Cc3nnco3)c3ccccc23)cc1. The van der Waals surface area contributed by atoms with E-state index in [1.54, 1.807) is 0 Å². The number of rotatable bonds is 6. The highest BCUT2D eigenvalue weighted by Crippen LogP contribution is 2.34. The van der Waals surface area contributed by atoms with Gasteiger partial charge >= 0.3 is 0 Å². The number of hydrogen-bond donors (Lipinski definition) is 0.